The Balaban J connectivity index is 1.48. The molecule has 3 aromatic rings. The van der Waals surface area contributed by atoms with Crippen molar-refractivity contribution in [1.29, 1.82) is 0 Å². The molecule has 0 saturated carbocycles. The summed E-state index contributed by atoms with van der Waals surface area (Å²) in [7, 11) is 2.12. The van der Waals surface area contributed by atoms with E-state index in [4.69, 9.17) is 26.3 Å². The fourth-order valence-electron chi connectivity index (χ4n) is 4.18. The van der Waals surface area contributed by atoms with Crippen LogP contribution in [0.5, 0.6) is 11.6 Å². The highest BCUT2D eigenvalue weighted by atomic mass is 35.5. The van der Waals surface area contributed by atoms with Gasteiger partial charge in [-0.25, -0.2) is 4.98 Å². The van der Waals surface area contributed by atoms with Gasteiger partial charge in [-0.1, -0.05) is 41.9 Å². The van der Waals surface area contributed by atoms with Gasteiger partial charge in [-0.05, 0) is 31.3 Å². The van der Waals surface area contributed by atoms with E-state index in [0.717, 1.165) is 37.4 Å². The number of benzene rings is 2. The van der Waals surface area contributed by atoms with Crippen molar-refractivity contribution in [3.8, 4) is 11.6 Å². The fourth-order valence-corrected chi connectivity index (χ4v) is 4.40. The average Bonchev–Trinajstić information content (AvgIpc) is 2.85. The zero-order chi connectivity index (χ0) is 22.8. The molecule has 3 heterocycles. The minimum Gasteiger partial charge on any atom is -0.438 e. The van der Waals surface area contributed by atoms with Crippen molar-refractivity contribution in [1.82, 2.24) is 19.8 Å². The van der Waals surface area contributed by atoms with Gasteiger partial charge < -0.3 is 19.4 Å². The number of carbonyl (C=O) groups is 1. The molecule has 7 nitrogen and oxygen atoms in total. The number of carbonyl (C=O) groups excluding carboxylic acids is 1. The van der Waals surface area contributed by atoms with E-state index in [0.29, 0.717) is 47.7 Å². The van der Waals surface area contributed by atoms with Crippen LogP contribution in [0.3, 0.4) is 0 Å². The van der Waals surface area contributed by atoms with E-state index in [1.54, 1.807) is 17.0 Å². The van der Waals surface area contributed by atoms with E-state index in [2.05, 4.69) is 16.8 Å². The van der Waals surface area contributed by atoms with Crippen molar-refractivity contribution in [2.45, 2.75) is 13.0 Å². The summed E-state index contributed by atoms with van der Waals surface area (Å²) < 4.78 is 6.23. The highest BCUT2D eigenvalue weighted by Gasteiger charge is 2.29. The lowest BCUT2D eigenvalue weighted by molar-refractivity contribution is 0.0732. The highest BCUT2D eigenvalue weighted by molar-refractivity contribution is 6.33. The number of halogens is 1. The van der Waals surface area contributed by atoms with Gasteiger partial charge in [0.2, 0.25) is 11.8 Å². The molecule has 1 aromatic heterocycles. The molecule has 1 fully saturated rings. The lowest BCUT2D eigenvalue weighted by Crippen LogP contribution is -2.45. The number of likely N-dealkylation sites (N-methyl/N-ethyl adjacent to an activating group) is 1. The second-order valence-electron chi connectivity index (χ2n) is 8.42. The SMILES string of the molecule is CN1CCN(c2nc3c(c(Oc4ccccc4)n2)CN(C(=O)c2ccccc2Cl)CC3)CC1. The van der Waals surface area contributed by atoms with Crippen molar-refractivity contribution in [3.05, 3.63) is 76.4 Å². The normalized spacial score (nSPS) is 16.4. The fraction of sp³-hybridized carbons (Fsp3) is 0.320. The zero-order valence-corrected chi connectivity index (χ0v) is 19.3. The van der Waals surface area contributed by atoms with Crippen LogP contribution < -0.4 is 9.64 Å². The molecule has 33 heavy (non-hydrogen) atoms. The molecule has 0 radical (unpaired) electrons. The number of hydrogen-bond acceptors (Lipinski definition) is 6. The number of rotatable bonds is 4. The van der Waals surface area contributed by atoms with Gasteiger partial charge in [0.25, 0.3) is 5.91 Å². The number of piperazine rings is 1. The van der Waals surface area contributed by atoms with Crippen molar-refractivity contribution in [3.63, 3.8) is 0 Å². The predicted molar refractivity (Wildman–Crippen MR) is 128 cm³/mol. The van der Waals surface area contributed by atoms with Crippen LogP contribution in [-0.2, 0) is 13.0 Å². The Morgan fingerprint density at radius 2 is 1.67 bits per heavy atom. The summed E-state index contributed by atoms with van der Waals surface area (Å²) in [6.07, 6.45) is 0.639. The Bertz CT molecular complexity index is 1150. The van der Waals surface area contributed by atoms with Crippen molar-refractivity contribution in [2.24, 2.45) is 0 Å². The van der Waals surface area contributed by atoms with Gasteiger partial charge in [-0.15, -0.1) is 0 Å². The number of amides is 1. The van der Waals surface area contributed by atoms with E-state index in [1.807, 2.05) is 42.5 Å². The van der Waals surface area contributed by atoms with E-state index in [9.17, 15) is 4.79 Å². The molecule has 0 spiro atoms. The molecule has 0 unspecified atom stereocenters. The first-order valence-corrected chi connectivity index (χ1v) is 11.6. The molecular weight excluding hydrogens is 438 g/mol. The van der Waals surface area contributed by atoms with Crippen LogP contribution in [-0.4, -0.2) is 65.4 Å². The Kier molecular flexibility index (Phi) is 6.15. The molecule has 5 rings (SSSR count). The molecule has 1 amide bonds. The number of ether oxygens (including phenoxy) is 1. The minimum atomic E-state index is -0.0972. The van der Waals surface area contributed by atoms with Gasteiger partial charge in [-0.2, -0.15) is 4.98 Å². The molecule has 2 aromatic carbocycles. The van der Waals surface area contributed by atoms with Crippen LogP contribution in [0.2, 0.25) is 5.02 Å². The quantitative estimate of drug-likeness (QED) is 0.585. The third-order valence-electron chi connectivity index (χ3n) is 6.15. The third-order valence-corrected chi connectivity index (χ3v) is 6.48. The summed E-state index contributed by atoms with van der Waals surface area (Å²) >= 11 is 6.29. The van der Waals surface area contributed by atoms with Gasteiger partial charge in [0.15, 0.2) is 0 Å². The molecule has 0 N–H and O–H groups in total. The van der Waals surface area contributed by atoms with E-state index in [1.165, 1.54) is 0 Å². The standard InChI is InChI=1S/C25H26ClN5O2/c1-29-13-15-30(16-14-29)25-27-22-11-12-31(24(32)19-9-5-6-10-21(19)26)17-20(22)23(28-25)33-18-7-3-2-4-8-18/h2-10H,11-17H2,1H3. The second-order valence-corrected chi connectivity index (χ2v) is 8.82. The molecular formula is C25H26ClN5O2. The molecule has 2 aliphatic heterocycles. The highest BCUT2D eigenvalue weighted by Crippen LogP contribution is 2.32. The number of aromatic nitrogens is 2. The van der Waals surface area contributed by atoms with Crippen molar-refractivity contribution < 1.29 is 9.53 Å². The van der Waals surface area contributed by atoms with Crippen molar-refractivity contribution in [2.75, 3.05) is 44.7 Å². The maximum absolute atomic E-state index is 13.2. The van der Waals surface area contributed by atoms with Crippen LogP contribution in [0.25, 0.3) is 0 Å². The molecule has 8 heteroatoms. The number of para-hydroxylation sites is 1. The van der Waals surface area contributed by atoms with E-state index < -0.39 is 0 Å². The van der Waals surface area contributed by atoms with E-state index >= 15 is 0 Å². The van der Waals surface area contributed by atoms with Crippen molar-refractivity contribution >= 4 is 23.5 Å². The number of nitrogens with zero attached hydrogens (tertiary/aromatic N) is 5. The monoisotopic (exact) mass is 463 g/mol. The maximum Gasteiger partial charge on any atom is 0.255 e. The van der Waals surface area contributed by atoms with Crippen LogP contribution in [0.4, 0.5) is 5.95 Å². The summed E-state index contributed by atoms with van der Waals surface area (Å²) in [4.78, 5) is 29.2. The summed E-state index contributed by atoms with van der Waals surface area (Å²) in [5.41, 5.74) is 2.29. The first-order valence-electron chi connectivity index (χ1n) is 11.2. The number of fused-ring (bicyclic) bond motifs is 1. The molecule has 0 aliphatic carbocycles. The lowest BCUT2D eigenvalue weighted by Gasteiger charge is -2.34. The molecule has 1 saturated heterocycles. The largest absolute Gasteiger partial charge is 0.438 e. The first-order chi connectivity index (χ1) is 16.1. The van der Waals surface area contributed by atoms with Gasteiger partial charge in [0.1, 0.15) is 5.75 Å². The molecule has 2 aliphatic rings. The van der Waals surface area contributed by atoms with Gasteiger partial charge in [-0.3, -0.25) is 4.79 Å². The Morgan fingerprint density at radius 3 is 2.42 bits per heavy atom. The van der Waals surface area contributed by atoms with Gasteiger partial charge in [0.05, 0.1) is 28.4 Å². The summed E-state index contributed by atoms with van der Waals surface area (Å²) in [5, 5.41) is 0.454. The molecule has 0 atom stereocenters. The predicted octanol–water partition coefficient (Wildman–Crippen LogP) is 3.87. The first kappa shape index (κ1) is 21.7. The summed E-state index contributed by atoms with van der Waals surface area (Å²) in [5.74, 6) is 1.81. The smallest absolute Gasteiger partial charge is 0.255 e. The Labute approximate surface area is 198 Å². The summed E-state index contributed by atoms with van der Waals surface area (Å²) in [6, 6.07) is 16.8. The maximum atomic E-state index is 13.2. The van der Waals surface area contributed by atoms with Gasteiger partial charge in [0, 0.05) is 39.1 Å². The summed E-state index contributed by atoms with van der Waals surface area (Å²) in [6.45, 7) is 4.63. The molecule has 0 bridgehead atoms. The lowest BCUT2D eigenvalue weighted by atomic mass is 10.0. The topological polar surface area (TPSA) is 61.8 Å². The average molecular weight is 464 g/mol. The number of hydrogen-bond donors (Lipinski definition) is 0. The minimum absolute atomic E-state index is 0.0972. The second kappa shape index (κ2) is 9.37. The Hall–Kier alpha value is -3.16. The third kappa shape index (κ3) is 4.65. The number of anilines is 1. The van der Waals surface area contributed by atoms with Crippen LogP contribution in [0, 0.1) is 0 Å². The Morgan fingerprint density at radius 1 is 0.939 bits per heavy atom. The van der Waals surface area contributed by atoms with Crippen LogP contribution >= 0.6 is 11.6 Å². The zero-order valence-electron chi connectivity index (χ0n) is 18.6. The van der Waals surface area contributed by atoms with Crippen LogP contribution in [0.15, 0.2) is 54.6 Å². The van der Waals surface area contributed by atoms with E-state index in [-0.39, 0.29) is 5.91 Å². The van der Waals surface area contributed by atoms with Gasteiger partial charge >= 0.3 is 0 Å². The van der Waals surface area contributed by atoms with Crippen LogP contribution in [0.1, 0.15) is 21.6 Å². The molecule has 170 valence electrons.